The minimum atomic E-state index is 0.284. The molecule has 8 heavy (non-hydrogen) atoms. The molecule has 1 aliphatic heterocycles. The Kier molecular flexibility index (Phi) is 2.26. The summed E-state index contributed by atoms with van der Waals surface area (Å²) in [6.07, 6.45) is 2.15. The summed E-state index contributed by atoms with van der Waals surface area (Å²) in [5, 5.41) is 9.31. The van der Waals surface area contributed by atoms with Gasteiger partial charge in [-0.1, -0.05) is 0 Å². The monoisotopic (exact) mass is 128 g/mol. The van der Waals surface area contributed by atoms with Gasteiger partial charge in [0, 0.05) is 5.25 Å². The molecule has 1 heterocycles. The summed E-state index contributed by atoms with van der Waals surface area (Å²) in [5.41, 5.74) is 0. The molecule has 1 unspecified atom stereocenters. The lowest BCUT2D eigenvalue weighted by atomic mass is 9.99. The topological polar surface area (TPSA) is 20.2 Å². The third kappa shape index (κ3) is 1.42. The zero-order valence-electron chi connectivity index (χ0n) is 4.71. The van der Waals surface area contributed by atoms with E-state index in [1.54, 1.807) is 11.8 Å². The summed E-state index contributed by atoms with van der Waals surface area (Å²) in [5.74, 6) is 0. The van der Waals surface area contributed by atoms with Crippen molar-refractivity contribution in [2.45, 2.75) is 23.2 Å². The van der Waals surface area contributed by atoms with Gasteiger partial charge in [-0.2, -0.15) is 11.8 Å². The highest BCUT2D eigenvalue weighted by atomic mass is 32.2. The smallest absolute Gasteiger partial charge is 0.0846 e. The predicted octanol–water partition coefficient (Wildman–Crippen LogP) is 0.369. The summed E-state index contributed by atoms with van der Waals surface area (Å²) < 4.78 is 0. The van der Waals surface area contributed by atoms with E-state index < -0.39 is 0 Å². The van der Waals surface area contributed by atoms with Crippen LogP contribution in [0.4, 0.5) is 0 Å². The van der Waals surface area contributed by atoms with Crippen molar-refractivity contribution < 1.29 is 5.11 Å². The molecule has 0 bridgehead atoms. The minimum absolute atomic E-state index is 0.284. The maximum Gasteiger partial charge on any atom is 0.0846 e. The molecule has 0 saturated carbocycles. The Bertz CT molecular complexity index is 78.8. The SMILES string of the molecule is [B][C@H]1CCC(CO)S1. The first kappa shape index (κ1) is 6.49. The second kappa shape index (κ2) is 2.78. The quantitative estimate of drug-likeness (QED) is 0.515. The standard InChI is InChI=1S/C5H9BOS/c6-5-2-1-4(3-7)8-5/h4-5,7H,1-3H2/t4?,5-/m1/s1. The van der Waals surface area contributed by atoms with Gasteiger partial charge >= 0.3 is 0 Å². The Morgan fingerprint density at radius 1 is 1.62 bits per heavy atom. The third-order valence-corrected chi connectivity index (χ3v) is 2.70. The van der Waals surface area contributed by atoms with E-state index in [1.807, 2.05) is 0 Å². The van der Waals surface area contributed by atoms with Gasteiger partial charge in [0.05, 0.1) is 14.5 Å². The fraction of sp³-hybridized carbons (Fsp3) is 1.00. The summed E-state index contributed by atoms with van der Waals surface area (Å²) in [6, 6.07) is 0. The number of hydrogen-bond donors (Lipinski definition) is 1. The number of aliphatic hydroxyl groups excluding tert-OH is 1. The van der Waals surface area contributed by atoms with Crippen molar-refractivity contribution in [3.05, 3.63) is 0 Å². The fourth-order valence-electron chi connectivity index (χ4n) is 0.868. The molecule has 2 atom stereocenters. The Labute approximate surface area is 55.3 Å². The van der Waals surface area contributed by atoms with Gasteiger partial charge < -0.3 is 5.11 Å². The molecule has 0 aliphatic carbocycles. The van der Waals surface area contributed by atoms with Crippen LogP contribution in [0.5, 0.6) is 0 Å². The Hall–Kier alpha value is 0.375. The highest BCUT2D eigenvalue weighted by Gasteiger charge is 2.19. The molecule has 1 N–H and O–H groups in total. The molecular formula is C5H9BOS. The third-order valence-electron chi connectivity index (χ3n) is 1.34. The molecule has 3 heteroatoms. The molecule has 1 aliphatic rings. The second-order valence-corrected chi connectivity index (χ2v) is 3.60. The molecule has 1 fully saturated rings. The normalized spacial score (nSPS) is 38.1. The predicted molar refractivity (Wildman–Crippen MR) is 37.2 cm³/mol. The van der Waals surface area contributed by atoms with Crippen molar-refractivity contribution in [2.24, 2.45) is 0 Å². The molecule has 1 nitrogen and oxygen atoms in total. The lowest BCUT2D eigenvalue weighted by Gasteiger charge is -2.01. The summed E-state index contributed by atoms with van der Waals surface area (Å²) >= 11 is 1.69. The van der Waals surface area contributed by atoms with Crippen molar-refractivity contribution in [3.8, 4) is 0 Å². The van der Waals surface area contributed by atoms with Crippen LogP contribution in [0.3, 0.4) is 0 Å². The minimum Gasteiger partial charge on any atom is -0.395 e. The maximum absolute atomic E-state index is 8.61. The number of aliphatic hydroxyl groups is 1. The van der Waals surface area contributed by atoms with E-state index in [0.717, 1.165) is 12.8 Å². The van der Waals surface area contributed by atoms with Crippen molar-refractivity contribution in [1.29, 1.82) is 0 Å². The van der Waals surface area contributed by atoms with Gasteiger partial charge in [-0.3, -0.25) is 0 Å². The fourth-order valence-corrected chi connectivity index (χ4v) is 1.99. The summed E-state index contributed by atoms with van der Waals surface area (Å²) in [4.78, 5) is 0. The number of rotatable bonds is 1. The Morgan fingerprint density at radius 3 is 2.62 bits per heavy atom. The van der Waals surface area contributed by atoms with E-state index in [1.165, 1.54) is 0 Å². The molecule has 0 aromatic carbocycles. The van der Waals surface area contributed by atoms with Gasteiger partial charge in [-0.25, -0.2) is 0 Å². The van der Waals surface area contributed by atoms with Gasteiger partial charge in [-0.05, 0) is 18.0 Å². The Balaban J connectivity index is 2.22. The van der Waals surface area contributed by atoms with E-state index in [0.29, 0.717) is 11.9 Å². The van der Waals surface area contributed by atoms with Crippen molar-refractivity contribution in [2.75, 3.05) is 6.61 Å². The molecule has 0 aromatic heterocycles. The van der Waals surface area contributed by atoms with E-state index >= 15 is 0 Å². The van der Waals surface area contributed by atoms with Gasteiger partial charge in [0.1, 0.15) is 0 Å². The average Bonchev–Trinajstić information content (AvgIpc) is 2.14. The summed E-state index contributed by atoms with van der Waals surface area (Å²) in [6.45, 7) is 0.290. The zero-order chi connectivity index (χ0) is 5.98. The van der Waals surface area contributed by atoms with Gasteiger partial charge in [0.25, 0.3) is 0 Å². The highest BCUT2D eigenvalue weighted by Crippen LogP contribution is 2.30. The largest absolute Gasteiger partial charge is 0.395 e. The van der Waals surface area contributed by atoms with Gasteiger partial charge in [0.2, 0.25) is 0 Å². The van der Waals surface area contributed by atoms with Crippen LogP contribution >= 0.6 is 11.8 Å². The van der Waals surface area contributed by atoms with Gasteiger partial charge in [0.15, 0.2) is 0 Å². The summed E-state index contributed by atoms with van der Waals surface area (Å²) in [7, 11) is 5.55. The van der Waals surface area contributed by atoms with Crippen LogP contribution in [0.1, 0.15) is 12.8 Å². The van der Waals surface area contributed by atoms with Crippen molar-refractivity contribution >= 4 is 19.6 Å². The zero-order valence-corrected chi connectivity index (χ0v) is 5.53. The van der Waals surface area contributed by atoms with Crippen LogP contribution in [0.25, 0.3) is 0 Å². The van der Waals surface area contributed by atoms with Crippen LogP contribution in [0.15, 0.2) is 0 Å². The van der Waals surface area contributed by atoms with E-state index in [-0.39, 0.29) is 5.15 Å². The van der Waals surface area contributed by atoms with Crippen molar-refractivity contribution in [1.82, 2.24) is 0 Å². The molecule has 0 spiro atoms. The molecule has 2 radical (unpaired) electrons. The second-order valence-electron chi connectivity index (χ2n) is 2.06. The molecule has 1 saturated heterocycles. The van der Waals surface area contributed by atoms with Crippen LogP contribution in [-0.2, 0) is 0 Å². The lowest BCUT2D eigenvalue weighted by Crippen LogP contribution is -2.02. The molecule has 0 amide bonds. The van der Waals surface area contributed by atoms with Crippen LogP contribution in [0.2, 0.25) is 0 Å². The highest BCUT2D eigenvalue weighted by molar-refractivity contribution is 8.01. The first-order chi connectivity index (χ1) is 3.83. The van der Waals surface area contributed by atoms with Crippen molar-refractivity contribution in [3.63, 3.8) is 0 Å². The number of hydrogen-bond acceptors (Lipinski definition) is 2. The Morgan fingerprint density at radius 2 is 2.38 bits per heavy atom. The van der Waals surface area contributed by atoms with E-state index in [2.05, 4.69) is 0 Å². The lowest BCUT2D eigenvalue weighted by molar-refractivity contribution is 0.292. The van der Waals surface area contributed by atoms with Crippen LogP contribution in [0, 0.1) is 0 Å². The van der Waals surface area contributed by atoms with E-state index in [9.17, 15) is 0 Å². The van der Waals surface area contributed by atoms with Crippen LogP contribution < -0.4 is 0 Å². The average molecular weight is 128 g/mol. The van der Waals surface area contributed by atoms with Crippen LogP contribution in [-0.4, -0.2) is 30.0 Å². The maximum atomic E-state index is 8.61. The molecule has 44 valence electrons. The first-order valence-corrected chi connectivity index (χ1v) is 3.79. The van der Waals surface area contributed by atoms with E-state index in [4.69, 9.17) is 13.0 Å². The first-order valence-electron chi connectivity index (χ1n) is 2.85. The molecule has 1 rings (SSSR count). The number of thioether (sulfide) groups is 1. The molecular weight excluding hydrogens is 119 g/mol. The van der Waals surface area contributed by atoms with Gasteiger partial charge in [-0.15, -0.1) is 0 Å². The molecule has 0 aromatic rings.